The first-order chi connectivity index (χ1) is 10.2. The zero-order valence-electron chi connectivity index (χ0n) is 12.8. The lowest BCUT2D eigenvalue weighted by Crippen LogP contribution is -2.40. The molecule has 4 nitrogen and oxygen atoms in total. The smallest absolute Gasteiger partial charge is 0.351 e. The minimum atomic E-state index is -4.48. The van der Waals surface area contributed by atoms with Gasteiger partial charge in [-0.25, -0.2) is 0 Å². The topological polar surface area (TPSA) is 41.6 Å². The molecule has 1 N–H and O–H groups in total. The van der Waals surface area contributed by atoms with E-state index in [0.29, 0.717) is 0 Å². The van der Waals surface area contributed by atoms with E-state index in [-0.39, 0.29) is 19.4 Å². The van der Waals surface area contributed by atoms with Crippen LogP contribution in [-0.2, 0) is 16.2 Å². The molecule has 0 atom stereocenters. The largest absolute Gasteiger partial charge is 0.403 e. The van der Waals surface area contributed by atoms with Crippen molar-refractivity contribution in [1.29, 1.82) is 0 Å². The van der Waals surface area contributed by atoms with E-state index in [0.717, 1.165) is 16.8 Å². The molecule has 2 rings (SSSR count). The lowest BCUT2D eigenvalue weighted by Gasteiger charge is -2.20. The van der Waals surface area contributed by atoms with Gasteiger partial charge >= 0.3 is 6.18 Å². The van der Waals surface area contributed by atoms with Gasteiger partial charge in [-0.1, -0.05) is 12.1 Å². The van der Waals surface area contributed by atoms with Crippen LogP contribution >= 0.6 is 0 Å². The second-order valence-electron chi connectivity index (χ2n) is 5.56. The maximum Gasteiger partial charge on any atom is 0.403 e. The molecule has 122 valence electrons. The van der Waals surface area contributed by atoms with Crippen molar-refractivity contribution in [3.8, 4) is 0 Å². The fourth-order valence-corrected chi connectivity index (χ4v) is 2.32. The molecule has 0 bridgehead atoms. The van der Waals surface area contributed by atoms with E-state index in [1.54, 1.807) is 24.2 Å². The molecule has 0 heterocycles. The molecular weight excluding hydrogens is 297 g/mol. The van der Waals surface area contributed by atoms with Crippen molar-refractivity contribution < 1.29 is 22.8 Å². The second-order valence-corrected chi connectivity index (χ2v) is 5.56. The van der Waals surface area contributed by atoms with Crippen LogP contribution in [0.2, 0.25) is 0 Å². The van der Waals surface area contributed by atoms with Crippen molar-refractivity contribution in [3.05, 3.63) is 29.3 Å². The number of carbonyl (C=O) groups excluding carboxylic acids is 1. The molecule has 0 radical (unpaired) electrons. The Kier molecular flexibility index (Phi) is 4.37. The summed E-state index contributed by atoms with van der Waals surface area (Å²) in [6, 6.07) is 5.39. The highest BCUT2D eigenvalue weighted by Crippen LogP contribution is 2.57. The zero-order chi connectivity index (χ0) is 16.5. The van der Waals surface area contributed by atoms with E-state index >= 15 is 0 Å². The minimum Gasteiger partial charge on any atom is -0.351 e. The first-order valence-corrected chi connectivity index (χ1v) is 6.93. The maximum absolute atomic E-state index is 12.9. The van der Waals surface area contributed by atoms with E-state index in [1.165, 1.54) is 7.11 Å². The Morgan fingerprint density at radius 1 is 1.41 bits per heavy atom. The molecule has 7 heteroatoms. The number of rotatable bonds is 5. The van der Waals surface area contributed by atoms with Crippen LogP contribution in [0.15, 0.2) is 18.2 Å². The second kappa shape index (κ2) is 5.79. The van der Waals surface area contributed by atoms with Crippen molar-refractivity contribution in [3.63, 3.8) is 0 Å². The molecule has 1 fully saturated rings. The summed E-state index contributed by atoms with van der Waals surface area (Å²) in [5.41, 5.74) is 0.305. The summed E-state index contributed by atoms with van der Waals surface area (Å²) in [4.78, 5) is 16.9. The quantitative estimate of drug-likeness (QED) is 0.849. The van der Waals surface area contributed by atoms with Crippen molar-refractivity contribution in [2.45, 2.75) is 32.5 Å². The highest BCUT2D eigenvalue weighted by atomic mass is 19.4. The van der Waals surface area contributed by atoms with Crippen molar-refractivity contribution >= 4 is 11.6 Å². The van der Waals surface area contributed by atoms with Crippen LogP contribution in [0.4, 0.5) is 18.9 Å². The number of aryl methyl sites for hydroxylation is 1. The van der Waals surface area contributed by atoms with Gasteiger partial charge in [0.15, 0.2) is 0 Å². The molecular formula is C15H19F3N2O2. The van der Waals surface area contributed by atoms with Crippen molar-refractivity contribution in [2.75, 3.05) is 19.2 Å². The molecule has 0 spiro atoms. The third-order valence-electron chi connectivity index (χ3n) is 4.07. The van der Waals surface area contributed by atoms with Crippen LogP contribution in [0.25, 0.3) is 0 Å². The molecule has 0 aromatic heterocycles. The number of hydroxylamine groups is 1. The van der Waals surface area contributed by atoms with E-state index in [4.69, 9.17) is 4.84 Å². The lowest BCUT2D eigenvalue weighted by atomic mass is 10.1. The van der Waals surface area contributed by atoms with E-state index in [1.807, 2.05) is 13.0 Å². The summed E-state index contributed by atoms with van der Waals surface area (Å²) < 4.78 is 38.6. The number of hydrogen-bond donors (Lipinski definition) is 1. The van der Waals surface area contributed by atoms with Gasteiger partial charge < -0.3 is 5.32 Å². The van der Waals surface area contributed by atoms with E-state index in [2.05, 4.69) is 5.32 Å². The van der Waals surface area contributed by atoms with Crippen LogP contribution in [0, 0.1) is 12.3 Å². The summed E-state index contributed by atoms with van der Waals surface area (Å²) in [5.74, 6) is -0.942. The van der Waals surface area contributed by atoms with Crippen LogP contribution in [0.5, 0.6) is 0 Å². The first-order valence-electron chi connectivity index (χ1n) is 6.93. The summed E-state index contributed by atoms with van der Waals surface area (Å²) in [6.07, 6.45) is -4.74. The highest BCUT2D eigenvalue weighted by molar-refractivity contribution is 5.86. The van der Waals surface area contributed by atoms with Crippen LogP contribution in [-0.4, -0.2) is 26.2 Å². The number of anilines is 1. The summed E-state index contributed by atoms with van der Waals surface area (Å²) in [7, 11) is 3.25. The Balaban J connectivity index is 2.05. The third-order valence-corrected chi connectivity index (χ3v) is 4.07. The molecule has 0 saturated heterocycles. The number of benzene rings is 1. The van der Waals surface area contributed by atoms with Gasteiger partial charge in [0.25, 0.3) is 0 Å². The highest BCUT2D eigenvalue weighted by Gasteiger charge is 2.68. The van der Waals surface area contributed by atoms with E-state index in [9.17, 15) is 18.0 Å². The number of nitrogens with zero attached hydrogens (tertiary/aromatic N) is 1. The molecule has 1 aliphatic carbocycles. The van der Waals surface area contributed by atoms with Gasteiger partial charge in [-0.2, -0.15) is 13.2 Å². The van der Waals surface area contributed by atoms with Crippen LogP contribution in [0.1, 0.15) is 24.0 Å². The third kappa shape index (κ3) is 3.04. The Morgan fingerprint density at radius 3 is 2.55 bits per heavy atom. The SMILES string of the molecule is CON(C)c1cc(CNC(=O)C2(C(F)(F)F)CC2)ccc1C. The molecule has 1 aromatic carbocycles. The Bertz CT molecular complexity index is 568. The van der Waals surface area contributed by atoms with Gasteiger partial charge in [0.2, 0.25) is 5.91 Å². The minimum absolute atomic E-state index is 0.0570. The van der Waals surface area contributed by atoms with Gasteiger partial charge in [-0.05, 0) is 37.0 Å². The number of nitrogens with one attached hydrogen (secondary N) is 1. The monoisotopic (exact) mass is 316 g/mol. The molecule has 1 aromatic rings. The fourth-order valence-electron chi connectivity index (χ4n) is 2.32. The number of alkyl halides is 3. The summed E-state index contributed by atoms with van der Waals surface area (Å²) in [5, 5.41) is 3.95. The Labute approximate surface area is 127 Å². The normalized spacial score (nSPS) is 16.3. The lowest BCUT2D eigenvalue weighted by molar-refractivity contribution is -0.192. The van der Waals surface area contributed by atoms with Gasteiger partial charge in [0.05, 0.1) is 12.8 Å². The van der Waals surface area contributed by atoms with Crippen molar-refractivity contribution in [2.24, 2.45) is 5.41 Å². The first kappa shape index (κ1) is 16.6. The maximum atomic E-state index is 12.9. The predicted molar refractivity (Wildman–Crippen MR) is 76.2 cm³/mol. The van der Waals surface area contributed by atoms with Crippen LogP contribution in [0.3, 0.4) is 0 Å². The fraction of sp³-hybridized carbons (Fsp3) is 0.533. The van der Waals surface area contributed by atoms with Gasteiger partial charge in [-0.15, -0.1) is 0 Å². The van der Waals surface area contributed by atoms with Gasteiger partial charge in [-0.3, -0.25) is 14.7 Å². The number of halogens is 3. The summed E-state index contributed by atoms with van der Waals surface area (Å²) in [6.45, 7) is 1.96. The molecule has 0 aliphatic heterocycles. The molecule has 22 heavy (non-hydrogen) atoms. The van der Waals surface area contributed by atoms with E-state index < -0.39 is 17.5 Å². The van der Waals surface area contributed by atoms with Gasteiger partial charge in [0, 0.05) is 13.6 Å². The van der Waals surface area contributed by atoms with Crippen molar-refractivity contribution in [1.82, 2.24) is 5.32 Å². The molecule has 1 aliphatic rings. The Morgan fingerprint density at radius 2 is 2.05 bits per heavy atom. The Hall–Kier alpha value is -1.76. The number of carbonyl (C=O) groups is 1. The zero-order valence-corrected chi connectivity index (χ0v) is 12.8. The predicted octanol–water partition coefficient (Wildman–Crippen LogP) is 2.95. The average molecular weight is 316 g/mol. The average Bonchev–Trinajstić information content (AvgIpc) is 3.26. The van der Waals surface area contributed by atoms with Gasteiger partial charge in [0.1, 0.15) is 5.41 Å². The molecule has 1 saturated carbocycles. The van der Waals surface area contributed by atoms with Crippen LogP contribution < -0.4 is 10.4 Å². The molecule has 1 amide bonds. The number of amides is 1. The molecule has 0 unspecified atom stereocenters. The number of hydrogen-bond acceptors (Lipinski definition) is 3. The summed E-state index contributed by atoms with van der Waals surface area (Å²) >= 11 is 0. The standard InChI is InChI=1S/C15H19F3N2O2/c1-10-4-5-11(8-12(10)20(2)22-3)9-19-13(21)14(6-7-14)15(16,17)18/h4-5,8H,6-7,9H2,1-3H3,(H,19,21).